The van der Waals surface area contributed by atoms with Crippen molar-refractivity contribution in [2.24, 2.45) is 0 Å². The van der Waals surface area contributed by atoms with E-state index < -0.39 is 11.7 Å². The van der Waals surface area contributed by atoms with Crippen molar-refractivity contribution in [3.63, 3.8) is 0 Å². The molecule has 1 heterocycles. The maximum absolute atomic E-state index is 11.9. The minimum Gasteiger partial charge on any atom is -0.444 e. The van der Waals surface area contributed by atoms with E-state index in [-0.39, 0.29) is 18.7 Å². The van der Waals surface area contributed by atoms with Gasteiger partial charge in [-0.25, -0.2) is 4.79 Å². The molecule has 1 saturated heterocycles. The zero-order chi connectivity index (χ0) is 13.1. The Morgan fingerprint density at radius 1 is 1.59 bits per heavy atom. The average molecular weight is 244 g/mol. The van der Waals surface area contributed by atoms with Crippen LogP contribution in [-0.4, -0.2) is 53.3 Å². The number of hydrogen-bond acceptors (Lipinski definition) is 4. The number of aliphatic hydroxyl groups is 1. The molecule has 1 fully saturated rings. The third-order valence-electron chi connectivity index (χ3n) is 2.56. The molecule has 98 valence electrons. The van der Waals surface area contributed by atoms with Crippen molar-refractivity contribution in [3.05, 3.63) is 0 Å². The summed E-state index contributed by atoms with van der Waals surface area (Å²) in [4.78, 5) is 23.7. The summed E-state index contributed by atoms with van der Waals surface area (Å²) >= 11 is 0. The molecule has 2 atom stereocenters. The van der Waals surface area contributed by atoms with E-state index in [1.807, 2.05) is 0 Å². The highest BCUT2D eigenvalue weighted by molar-refractivity contribution is 5.69. The van der Waals surface area contributed by atoms with Gasteiger partial charge in [-0.1, -0.05) is 0 Å². The molecule has 2 amide bonds. The summed E-state index contributed by atoms with van der Waals surface area (Å²) in [5.74, 6) is 0. The van der Waals surface area contributed by atoms with Gasteiger partial charge in [0.05, 0.1) is 12.6 Å². The molecule has 2 unspecified atom stereocenters. The predicted octanol–water partition coefficient (Wildman–Crippen LogP) is 0.103. The number of carbonyl (C=O) groups excluding carboxylic acids is 2. The van der Waals surface area contributed by atoms with E-state index in [0.717, 1.165) is 0 Å². The van der Waals surface area contributed by atoms with Crippen LogP contribution in [-0.2, 0) is 9.53 Å². The molecule has 0 saturated carbocycles. The second-order valence-electron chi connectivity index (χ2n) is 5.19. The minimum atomic E-state index is -0.562. The standard InChI is InChI=1S/C11H20N2O4/c1-11(2,3)17-10(16)13-5-8(12-7-15)4-9(13)6-14/h7-9,14H,4-6H2,1-3H3,(H,12,15). The van der Waals surface area contributed by atoms with Crippen LogP contribution in [0.1, 0.15) is 27.2 Å². The molecule has 0 spiro atoms. The summed E-state index contributed by atoms with van der Waals surface area (Å²) in [6, 6.07) is -0.403. The summed E-state index contributed by atoms with van der Waals surface area (Å²) in [6.07, 6.45) is 0.707. The van der Waals surface area contributed by atoms with E-state index in [2.05, 4.69) is 5.32 Å². The predicted molar refractivity (Wildman–Crippen MR) is 61.4 cm³/mol. The molecule has 0 radical (unpaired) electrons. The van der Waals surface area contributed by atoms with Crippen LogP contribution in [0, 0.1) is 0 Å². The number of nitrogens with zero attached hydrogens (tertiary/aromatic N) is 1. The maximum Gasteiger partial charge on any atom is 0.410 e. The molecule has 0 aromatic carbocycles. The van der Waals surface area contributed by atoms with Crippen LogP contribution in [0.4, 0.5) is 4.79 Å². The first kappa shape index (κ1) is 13.8. The van der Waals surface area contributed by atoms with Gasteiger partial charge in [0.1, 0.15) is 5.60 Å². The zero-order valence-corrected chi connectivity index (χ0v) is 10.5. The Labute approximate surface area is 101 Å². The van der Waals surface area contributed by atoms with Crippen LogP contribution >= 0.6 is 0 Å². The van der Waals surface area contributed by atoms with Crippen LogP contribution in [0.5, 0.6) is 0 Å². The molecule has 0 aliphatic carbocycles. The summed E-state index contributed by atoms with van der Waals surface area (Å²) < 4.78 is 5.24. The fourth-order valence-electron chi connectivity index (χ4n) is 1.85. The molecular formula is C11H20N2O4. The number of nitrogens with one attached hydrogen (secondary N) is 1. The first-order valence-electron chi connectivity index (χ1n) is 5.67. The highest BCUT2D eigenvalue weighted by Crippen LogP contribution is 2.20. The Morgan fingerprint density at radius 3 is 2.71 bits per heavy atom. The normalized spacial score (nSPS) is 24.6. The fraction of sp³-hybridized carbons (Fsp3) is 0.818. The Morgan fingerprint density at radius 2 is 2.24 bits per heavy atom. The topological polar surface area (TPSA) is 78.9 Å². The van der Waals surface area contributed by atoms with E-state index in [1.54, 1.807) is 20.8 Å². The lowest BCUT2D eigenvalue weighted by Gasteiger charge is -2.27. The Bertz CT molecular complexity index is 288. The molecule has 1 rings (SSSR count). The summed E-state index contributed by atoms with van der Waals surface area (Å²) in [6.45, 7) is 5.61. The molecule has 0 aromatic heterocycles. The summed E-state index contributed by atoms with van der Waals surface area (Å²) in [5, 5.41) is 11.8. The largest absolute Gasteiger partial charge is 0.444 e. The summed E-state index contributed by atoms with van der Waals surface area (Å²) in [7, 11) is 0. The van der Waals surface area contributed by atoms with Crippen molar-refractivity contribution >= 4 is 12.5 Å². The lowest BCUT2D eigenvalue weighted by atomic mass is 10.2. The van der Waals surface area contributed by atoms with Gasteiger partial charge in [0, 0.05) is 12.6 Å². The maximum atomic E-state index is 11.9. The first-order chi connectivity index (χ1) is 7.87. The van der Waals surface area contributed by atoms with Crippen LogP contribution < -0.4 is 5.32 Å². The molecule has 1 aliphatic heterocycles. The van der Waals surface area contributed by atoms with Gasteiger partial charge in [0.2, 0.25) is 6.41 Å². The number of hydrogen-bond donors (Lipinski definition) is 2. The summed E-state index contributed by atoms with van der Waals surface area (Å²) in [5.41, 5.74) is -0.562. The first-order valence-corrected chi connectivity index (χ1v) is 5.67. The van der Waals surface area contributed by atoms with Crippen LogP contribution in [0.25, 0.3) is 0 Å². The molecule has 6 heteroatoms. The van der Waals surface area contributed by atoms with Crippen molar-refractivity contribution in [2.75, 3.05) is 13.2 Å². The van der Waals surface area contributed by atoms with E-state index in [0.29, 0.717) is 19.4 Å². The molecule has 1 aliphatic rings. The van der Waals surface area contributed by atoms with Crippen molar-refractivity contribution in [1.29, 1.82) is 0 Å². The third kappa shape index (κ3) is 3.89. The number of amides is 2. The number of carbonyl (C=O) groups is 2. The third-order valence-corrected chi connectivity index (χ3v) is 2.56. The van der Waals surface area contributed by atoms with Crippen LogP contribution in [0.2, 0.25) is 0 Å². The highest BCUT2D eigenvalue weighted by atomic mass is 16.6. The fourth-order valence-corrected chi connectivity index (χ4v) is 1.85. The van der Waals surface area contributed by atoms with Gasteiger partial charge in [-0.2, -0.15) is 0 Å². The van der Waals surface area contributed by atoms with E-state index in [9.17, 15) is 14.7 Å². The average Bonchev–Trinajstić information content (AvgIpc) is 2.59. The molecule has 0 bridgehead atoms. The molecule has 6 nitrogen and oxygen atoms in total. The SMILES string of the molecule is CC(C)(C)OC(=O)N1CC(NC=O)CC1CO. The lowest BCUT2D eigenvalue weighted by molar-refractivity contribution is -0.110. The molecular weight excluding hydrogens is 224 g/mol. The molecule has 2 N–H and O–H groups in total. The van der Waals surface area contributed by atoms with Crippen molar-refractivity contribution < 1.29 is 19.4 Å². The number of likely N-dealkylation sites (tertiary alicyclic amines) is 1. The van der Waals surface area contributed by atoms with Crippen molar-refractivity contribution in [1.82, 2.24) is 10.2 Å². The van der Waals surface area contributed by atoms with Gasteiger partial charge >= 0.3 is 6.09 Å². The van der Waals surface area contributed by atoms with E-state index in [4.69, 9.17) is 4.74 Å². The Balaban J connectivity index is 2.62. The zero-order valence-electron chi connectivity index (χ0n) is 10.5. The molecule has 0 aromatic rings. The van der Waals surface area contributed by atoms with Crippen molar-refractivity contribution in [2.45, 2.75) is 44.9 Å². The smallest absolute Gasteiger partial charge is 0.410 e. The van der Waals surface area contributed by atoms with Gasteiger partial charge in [-0.3, -0.25) is 4.79 Å². The monoisotopic (exact) mass is 244 g/mol. The van der Waals surface area contributed by atoms with Gasteiger partial charge in [0.25, 0.3) is 0 Å². The second-order valence-corrected chi connectivity index (χ2v) is 5.19. The Hall–Kier alpha value is -1.30. The van der Waals surface area contributed by atoms with Gasteiger partial charge in [0.15, 0.2) is 0 Å². The number of ether oxygens (including phenoxy) is 1. The lowest BCUT2D eigenvalue weighted by Crippen LogP contribution is -2.42. The Kier molecular flexibility index (Phi) is 4.34. The van der Waals surface area contributed by atoms with Gasteiger partial charge < -0.3 is 20.1 Å². The van der Waals surface area contributed by atoms with Crippen LogP contribution in [0.15, 0.2) is 0 Å². The highest BCUT2D eigenvalue weighted by Gasteiger charge is 2.36. The second kappa shape index (κ2) is 5.35. The number of rotatable bonds is 3. The number of aliphatic hydroxyl groups excluding tert-OH is 1. The van der Waals surface area contributed by atoms with Crippen molar-refractivity contribution in [3.8, 4) is 0 Å². The van der Waals surface area contributed by atoms with Gasteiger partial charge in [-0.05, 0) is 27.2 Å². The quantitative estimate of drug-likeness (QED) is 0.690. The van der Waals surface area contributed by atoms with E-state index >= 15 is 0 Å². The minimum absolute atomic E-state index is 0.114. The van der Waals surface area contributed by atoms with Crippen LogP contribution in [0.3, 0.4) is 0 Å². The van der Waals surface area contributed by atoms with E-state index in [1.165, 1.54) is 4.90 Å². The van der Waals surface area contributed by atoms with Gasteiger partial charge in [-0.15, -0.1) is 0 Å². The molecule has 17 heavy (non-hydrogen) atoms.